The molecule has 0 aliphatic rings. The van der Waals surface area contributed by atoms with Gasteiger partial charge in [0.25, 0.3) is 0 Å². The Balaban J connectivity index is 3.88. The fourth-order valence-electron chi connectivity index (χ4n) is 0.156. The van der Waals surface area contributed by atoms with Crippen molar-refractivity contribution in [1.29, 1.82) is 0 Å². The molecule has 0 saturated carbocycles. The van der Waals surface area contributed by atoms with Crippen LogP contribution in [0, 0.1) is 0 Å². The molecule has 2 atom stereocenters. The van der Waals surface area contributed by atoms with Gasteiger partial charge in [0.05, 0.1) is 3.92 Å². The van der Waals surface area contributed by atoms with Crippen molar-refractivity contribution in [3.63, 3.8) is 0 Å². The van der Waals surface area contributed by atoms with Crippen molar-refractivity contribution in [1.82, 2.24) is 0 Å². The molecule has 0 aromatic carbocycles. The summed E-state index contributed by atoms with van der Waals surface area (Å²) in [5, 5.41) is 9.12. The molecule has 0 aromatic rings. The van der Waals surface area contributed by atoms with E-state index in [0.717, 1.165) is 0 Å². The van der Waals surface area contributed by atoms with Gasteiger partial charge in [-0.05, 0) is 0 Å². The van der Waals surface area contributed by atoms with E-state index in [1.807, 2.05) is 22.6 Å². The molecule has 1 N–H and O–H groups in total. The zero-order chi connectivity index (χ0) is 7.65. The summed E-state index contributed by atoms with van der Waals surface area (Å²) >= 11 is 11.2. The Morgan fingerprint density at radius 3 is 1.44 bits per heavy atom. The molecule has 0 heterocycles. The molecule has 0 radical (unpaired) electrons. The molecule has 0 aliphatic heterocycles. The molecule has 0 bridgehead atoms. The number of rotatable bonds is 2. The van der Waals surface area contributed by atoms with Gasteiger partial charge in [0.1, 0.15) is 3.55 Å². The molecule has 0 rings (SSSR count). The number of hydrogen-bond donors (Lipinski definition) is 1. The lowest BCUT2D eigenvalue weighted by Crippen LogP contribution is -2.25. The fourth-order valence-corrected chi connectivity index (χ4v) is 3.78. The minimum Gasteiger partial charge on any atom is -0.382 e. The van der Waals surface area contributed by atoms with Crippen molar-refractivity contribution in [2.24, 2.45) is 0 Å². The monoisotopic (exact) mass is 690 g/mol. The molecule has 2 unspecified atom stereocenters. The summed E-state index contributed by atoms with van der Waals surface area (Å²) in [6.07, 6.45) is 0. The average Bonchev–Trinajstić information content (AvgIpc) is 1.62. The second-order valence-electron chi connectivity index (χ2n) is 1.32. The molecule has 0 aliphatic carbocycles. The molecular formula is C3H3I5O. The van der Waals surface area contributed by atoms with E-state index < -0.39 is 0 Å². The lowest BCUT2D eigenvalue weighted by molar-refractivity contribution is 0.285. The predicted molar refractivity (Wildman–Crippen MR) is 82.6 cm³/mol. The number of alkyl halides is 5. The highest BCUT2D eigenvalue weighted by Crippen LogP contribution is 2.45. The number of halogens is 5. The summed E-state index contributed by atoms with van der Waals surface area (Å²) in [5.74, 6) is 0. The summed E-state index contributed by atoms with van der Waals surface area (Å²) in [4.78, 5) is 0. The smallest absolute Gasteiger partial charge is 0.139 e. The second kappa shape index (κ2) is 5.36. The molecule has 1 nitrogen and oxygen atoms in total. The molecule has 0 aromatic heterocycles. The quantitative estimate of drug-likeness (QED) is 0.348. The Morgan fingerprint density at radius 1 is 1.11 bits per heavy atom. The zero-order valence-electron chi connectivity index (χ0n) is 3.99. The Labute approximate surface area is 123 Å². The van der Waals surface area contributed by atoms with Crippen molar-refractivity contribution >= 4 is 113 Å². The van der Waals surface area contributed by atoms with Gasteiger partial charge in [0.15, 0.2) is 0 Å². The molecule has 0 spiro atoms. The van der Waals surface area contributed by atoms with Gasteiger partial charge in [0.2, 0.25) is 0 Å². The van der Waals surface area contributed by atoms with Crippen LogP contribution in [-0.2, 0) is 0 Å². The predicted octanol–water partition coefficient (Wildman–Crippen LogP) is 3.50. The first-order chi connectivity index (χ1) is 3.85. The molecule has 0 saturated heterocycles. The summed E-state index contributed by atoms with van der Waals surface area (Å²) in [6.45, 7) is 0. The Bertz CT molecular complexity index is 86.7. The van der Waals surface area contributed by atoms with Crippen LogP contribution in [0.2, 0.25) is 0 Å². The van der Waals surface area contributed by atoms with Crippen LogP contribution in [0.4, 0.5) is 0 Å². The third kappa shape index (κ3) is 5.79. The number of aliphatic hydroxyl groups is 1. The maximum atomic E-state index is 9.12. The van der Waals surface area contributed by atoms with Gasteiger partial charge in [-0.15, -0.1) is 0 Å². The molecule has 6 heteroatoms. The van der Waals surface area contributed by atoms with Crippen LogP contribution in [0.25, 0.3) is 0 Å². The Morgan fingerprint density at radius 2 is 1.44 bits per heavy atom. The minimum atomic E-state index is -0.256. The van der Waals surface area contributed by atoms with Crippen LogP contribution in [0.15, 0.2) is 0 Å². The van der Waals surface area contributed by atoms with Crippen molar-refractivity contribution in [2.45, 2.75) is 7.47 Å². The molecule has 0 amide bonds. The zero-order valence-corrected chi connectivity index (χ0v) is 14.8. The fraction of sp³-hybridized carbons (Fsp3) is 1.00. The van der Waals surface area contributed by atoms with Gasteiger partial charge in [-0.3, -0.25) is 0 Å². The number of aliphatic hydroxyl groups excluding tert-OH is 1. The first kappa shape index (κ1) is 12.6. The Hall–Kier alpha value is 3.61. The normalized spacial score (nSPS) is 19.3. The molecule has 0 fully saturated rings. The van der Waals surface area contributed by atoms with Gasteiger partial charge in [-0.2, -0.15) is 0 Å². The highest BCUT2D eigenvalue weighted by atomic mass is 127. The van der Waals surface area contributed by atoms with E-state index in [9.17, 15) is 0 Å². The first-order valence-corrected chi connectivity index (χ1v) is 7.61. The van der Waals surface area contributed by atoms with Crippen molar-refractivity contribution in [3.05, 3.63) is 0 Å². The standard InChI is InChI=1S/C3H3I5O/c4-1(2(5)9)3(6,7)8/h1-2,9H. The molecule has 56 valence electrons. The van der Waals surface area contributed by atoms with Crippen LogP contribution in [-0.4, -0.2) is 12.6 Å². The van der Waals surface area contributed by atoms with E-state index in [1.165, 1.54) is 0 Å². The summed E-state index contributed by atoms with van der Waals surface area (Å²) in [5.41, 5.74) is 0. The number of hydrogen-bond acceptors (Lipinski definition) is 1. The van der Waals surface area contributed by atoms with Gasteiger partial charge in [0, 0.05) is 0 Å². The van der Waals surface area contributed by atoms with Gasteiger partial charge >= 0.3 is 0 Å². The largest absolute Gasteiger partial charge is 0.382 e. The van der Waals surface area contributed by atoms with Crippen LogP contribution < -0.4 is 0 Å². The minimum absolute atomic E-state index is 0.119. The van der Waals surface area contributed by atoms with E-state index in [1.54, 1.807) is 0 Å². The van der Waals surface area contributed by atoms with Crippen molar-refractivity contribution in [3.8, 4) is 0 Å². The highest BCUT2D eigenvalue weighted by molar-refractivity contribution is 14.3. The van der Waals surface area contributed by atoms with Crippen LogP contribution in [0.1, 0.15) is 0 Å². The van der Waals surface area contributed by atoms with E-state index >= 15 is 0 Å². The van der Waals surface area contributed by atoms with Crippen molar-refractivity contribution in [2.75, 3.05) is 0 Å². The maximum Gasteiger partial charge on any atom is 0.139 e. The SMILES string of the molecule is OC(I)C(I)C(I)(I)I. The first-order valence-electron chi connectivity index (χ1n) is 1.88. The third-order valence-electron chi connectivity index (χ3n) is 0.554. The van der Waals surface area contributed by atoms with Crippen molar-refractivity contribution < 1.29 is 5.11 Å². The van der Waals surface area contributed by atoms with Crippen LogP contribution in [0.3, 0.4) is 0 Å². The molecule has 9 heavy (non-hydrogen) atoms. The second-order valence-corrected chi connectivity index (χ2v) is 15.2. The lowest BCUT2D eigenvalue weighted by Gasteiger charge is -2.20. The van der Waals surface area contributed by atoms with Crippen LogP contribution >= 0.6 is 113 Å². The third-order valence-corrected chi connectivity index (χ3v) is 9.85. The molecular weight excluding hydrogens is 687 g/mol. The van der Waals surface area contributed by atoms with E-state index in [0.29, 0.717) is 0 Å². The highest BCUT2D eigenvalue weighted by Gasteiger charge is 2.32. The summed E-state index contributed by atoms with van der Waals surface area (Å²) < 4.78 is 0.153. The average molecular weight is 690 g/mol. The van der Waals surface area contributed by atoms with E-state index in [2.05, 4.69) is 90.4 Å². The topological polar surface area (TPSA) is 20.2 Å². The summed E-state index contributed by atoms with van der Waals surface area (Å²) in [6, 6.07) is 0. The Kier molecular flexibility index (Phi) is 7.52. The maximum absolute atomic E-state index is 9.12. The lowest BCUT2D eigenvalue weighted by atomic mass is 10.5. The van der Waals surface area contributed by atoms with Crippen LogP contribution in [0.5, 0.6) is 0 Å². The van der Waals surface area contributed by atoms with E-state index in [4.69, 9.17) is 5.11 Å². The van der Waals surface area contributed by atoms with Gasteiger partial charge in [-0.1, -0.05) is 113 Å². The van der Waals surface area contributed by atoms with Gasteiger partial charge < -0.3 is 5.11 Å². The summed E-state index contributed by atoms with van der Waals surface area (Å²) in [7, 11) is 0. The van der Waals surface area contributed by atoms with E-state index in [-0.39, 0.29) is 7.47 Å². The van der Waals surface area contributed by atoms with Gasteiger partial charge in [-0.25, -0.2) is 0 Å².